The molecule has 0 amide bonds. The van der Waals surface area contributed by atoms with E-state index in [0.29, 0.717) is 5.41 Å². The van der Waals surface area contributed by atoms with Gasteiger partial charge in [0.05, 0.1) is 12.2 Å². The van der Waals surface area contributed by atoms with Crippen molar-refractivity contribution in [1.82, 2.24) is 25.0 Å². The molecule has 5 nitrogen and oxygen atoms in total. The highest BCUT2D eigenvalue weighted by molar-refractivity contribution is 7.09. The van der Waals surface area contributed by atoms with Crippen LogP contribution in [0.15, 0.2) is 11.6 Å². The van der Waals surface area contributed by atoms with Gasteiger partial charge in [0.25, 0.3) is 0 Å². The van der Waals surface area contributed by atoms with Gasteiger partial charge in [-0.3, -0.25) is 14.9 Å². The van der Waals surface area contributed by atoms with Crippen LogP contribution in [0.5, 0.6) is 0 Å². The van der Waals surface area contributed by atoms with Gasteiger partial charge in [0.2, 0.25) is 0 Å². The Labute approximate surface area is 148 Å². The van der Waals surface area contributed by atoms with Crippen LogP contribution in [0.25, 0.3) is 0 Å². The summed E-state index contributed by atoms with van der Waals surface area (Å²) in [5.74, 6) is 0. The quantitative estimate of drug-likeness (QED) is 0.905. The van der Waals surface area contributed by atoms with Gasteiger partial charge in [-0.05, 0) is 58.7 Å². The highest BCUT2D eigenvalue weighted by Crippen LogP contribution is 2.56. The largest absolute Gasteiger partial charge is 0.299 e. The third-order valence-electron chi connectivity index (χ3n) is 6.06. The summed E-state index contributed by atoms with van der Waals surface area (Å²) in [6, 6.07) is 0.751. The van der Waals surface area contributed by atoms with Crippen LogP contribution in [0.2, 0.25) is 0 Å². The summed E-state index contributed by atoms with van der Waals surface area (Å²) in [6.45, 7) is 8.71. The lowest BCUT2D eigenvalue weighted by Crippen LogP contribution is -2.37. The number of H-pyrrole nitrogens is 1. The summed E-state index contributed by atoms with van der Waals surface area (Å²) in [4.78, 5) is 9.56. The molecule has 1 aliphatic heterocycles. The number of likely N-dealkylation sites (tertiary alicyclic amines) is 1. The first-order valence-corrected chi connectivity index (χ1v) is 9.77. The Hall–Kier alpha value is -1.24. The van der Waals surface area contributed by atoms with E-state index in [1.54, 1.807) is 11.3 Å². The van der Waals surface area contributed by atoms with Crippen molar-refractivity contribution in [2.75, 3.05) is 20.1 Å². The van der Waals surface area contributed by atoms with Crippen LogP contribution < -0.4 is 0 Å². The number of aromatic nitrogens is 3. The second kappa shape index (κ2) is 6.24. The topological polar surface area (TPSA) is 48.1 Å². The molecule has 4 rings (SSSR count). The summed E-state index contributed by atoms with van der Waals surface area (Å²) in [7, 11) is 2.27. The zero-order valence-corrected chi connectivity index (χ0v) is 15.7. The Morgan fingerprint density at radius 3 is 2.79 bits per heavy atom. The third-order valence-corrected chi connectivity index (χ3v) is 6.83. The first-order valence-electron chi connectivity index (χ1n) is 8.89. The second-order valence-electron chi connectivity index (χ2n) is 7.61. The van der Waals surface area contributed by atoms with E-state index in [1.807, 2.05) is 6.20 Å². The lowest BCUT2D eigenvalue weighted by Gasteiger charge is -2.34. The molecule has 1 saturated heterocycles. The fourth-order valence-corrected chi connectivity index (χ4v) is 5.01. The van der Waals surface area contributed by atoms with E-state index in [4.69, 9.17) is 0 Å². The maximum absolute atomic E-state index is 4.43. The molecule has 130 valence electrons. The van der Waals surface area contributed by atoms with Crippen LogP contribution in [0.4, 0.5) is 0 Å². The monoisotopic (exact) mass is 345 g/mol. The maximum Gasteiger partial charge on any atom is 0.107 e. The van der Waals surface area contributed by atoms with Gasteiger partial charge in [-0.1, -0.05) is 0 Å². The Morgan fingerprint density at radius 1 is 1.38 bits per heavy atom. The van der Waals surface area contributed by atoms with E-state index in [2.05, 4.69) is 51.3 Å². The lowest BCUT2D eigenvalue weighted by atomic mass is 9.92. The summed E-state index contributed by atoms with van der Waals surface area (Å²) < 4.78 is 0. The van der Waals surface area contributed by atoms with Crippen LogP contribution in [0.3, 0.4) is 0 Å². The minimum absolute atomic E-state index is 0.572. The van der Waals surface area contributed by atoms with Gasteiger partial charge in [0, 0.05) is 35.4 Å². The van der Waals surface area contributed by atoms with Gasteiger partial charge in [-0.15, -0.1) is 11.3 Å². The molecule has 2 aromatic heterocycles. The highest BCUT2D eigenvalue weighted by atomic mass is 32.1. The van der Waals surface area contributed by atoms with Crippen LogP contribution >= 0.6 is 11.3 Å². The average molecular weight is 346 g/mol. The number of hydrogen-bond donors (Lipinski definition) is 1. The average Bonchev–Trinajstić information content (AvgIpc) is 2.88. The van der Waals surface area contributed by atoms with Crippen molar-refractivity contribution in [3.63, 3.8) is 0 Å². The van der Waals surface area contributed by atoms with E-state index in [0.717, 1.165) is 24.8 Å². The summed E-state index contributed by atoms with van der Waals surface area (Å²) in [5.41, 5.74) is 4.34. The molecule has 1 saturated carbocycles. The van der Waals surface area contributed by atoms with Crippen LogP contribution in [-0.4, -0.2) is 51.2 Å². The Balaban J connectivity index is 1.30. The number of piperidine rings is 1. The molecule has 2 aliphatic rings. The van der Waals surface area contributed by atoms with Crippen molar-refractivity contribution in [2.45, 2.75) is 52.2 Å². The van der Waals surface area contributed by atoms with Gasteiger partial charge in [0.15, 0.2) is 0 Å². The number of nitrogens with one attached hydrogen (secondary N) is 1. The first-order chi connectivity index (χ1) is 11.6. The first kappa shape index (κ1) is 16.2. The summed E-state index contributed by atoms with van der Waals surface area (Å²) in [6.07, 6.45) is 5.94. The van der Waals surface area contributed by atoms with Crippen molar-refractivity contribution >= 4 is 11.3 Å². The lowest BCUT2D eigenvalue weighted by molar-refractivity contribution is 0.139. The molecule has 2 aromatic rings. The zero-order valence-electron chi connectivity index (χ0n) is 14.9. The van der Waals surface area contributed by atoms with Crippen molar-refractivity contribution in [3.8, 4) is 0 Å². The van der Waals surface area contributed by atoms with E-state index in [1.165, 1.54) is 48.6 Å². The van der Waals surface area contributed by atoms with Crippen LogP contribution in [-0.2, 0) is 13.1 Å². The van der Waals surface area contributed by atoms with E-state index >= 15 is 0 Å². The fourth-order valence-electron chi connectivity index (χ4n) is 4.33. The molecule has 24 heavy (non-hydrogen) atoms. The van der Waals surface area contributed by atoms with Gasteiger partial charge < -0.3 is 0 Å². The second-order valence-corrected chi connectivity index (χ2v) is 8.59. The predicted molar refractivity (Wildman–Crippen MR) is 97.0 cm³/mol. The smallest absolute Gasteiger partial charge is 0.107 e. The Morgan fingerprint density at radius 2 is 2.17 bits per heavy atom. The molecule has 6 heteroatoms. The number of hydrogen-bond acceptors (Lipinski definition) is 5. The van der Waals surface area contributed by atoms with Crippen molar-refractivity contribution in [3.05, 3.63) is 33.5 Å². The van der Waals surface area contributed by atoms with E-state index in [-0.39, 0.29) is 0 Å². The molecular weight excluding hydrogens is 318 g/mol. The van der Waals surface area contributed by atoms with Gasteiger partial charge >= 0.3 is 0 Å². The zero-order chi connectivity index (χ0) is 16.7. The number of thiazole rings is 1. The van der Waals surface area contributed by atoms with Crippen LogP contribution in [0, 0.1) is 19.3 Å². The molecular formula is C18H27N5S. The minimum Gasteiger partial charge on any atom is -0.299 e. The normalized spacial score (nSPS) is 23.2. The molecule has 0 aromatic carbocycles. The standard InChI is InChI=1S/C18H27N5S/c1-13-15(14(2)21-20-13)11-23-7-4-18(5-8-23)10-16(18)22(3)12-17-19-6-9-24-17/h6,9,16H,4-5,7-8,10-12H2,1-3H3,(H,20,21)/t16-/m0/s1. The van der Waals surface area contributed by atoms with Crippen LogP contribution in [0.1, 0.15) is 41.2 Å². The Bertz CT molecular complexity index is 665. The molecule has 3 heterocycles. The van der Waals surface area contributed by atoms with Gasteiger partial charge in [-0.25, -0.2) is 4.98 Å². The van der Waals surface area contributed by atoms with Crippen molar-refractivity contribution in [2.24, 2.45) is 5.41 Å². The molecule has 0 radical (unpaired) electrons. The molecule has 0 unspecified atom stereocenters. The number of rotatable bonds is 5. The number of aromatic amines is 1. The van der Waals surface area contributed by atoms with Crippen molar-refractivity contribution < 1.29 is 0 Å². The maximum atomic E-state index is 4.43. The molecule has 1 aliphatic carbocycles. The number of nitrogens with zero attached hydrogens (tertiary/aromatic N) is 4. The fraction of sp³-hybridized carbons (Fsp3) is 0.667. The molecule has 2 fully saturated rings. The molecule has 1 atom stereocenters. The predicted octanol–water partition coefficient (Wildman–Crippen LogP) is 2.97. The Kier molecular flexibility index (Phi) is 4.22. The van der Waals surface area contributed by atoms with Crippen molar-refractivity contribution in [1.29, 1.82) is 0 Å². The van der Waals surface area contributed by atoms with E-state index < -0.39 is 0 Å². The third kappa shape index (κ3) is 3.03. The highest BCUT2D eigenvalue weighted by Gasteiger charge is 2.56. The summed E-state index contributed by atoms with van der Waals surface area (Å²) >= 11 is 1.77. The number of aryl methyl sites for hydroxylation is 2. The molecule has 0 bridgehead atoms. The SMILES string of the molecule is Cc1n[nH]c(C)c1CN1CCC2(CC1)C[C@@H]2N(C)Cc1nccs1. The van der Waals surface area contributed by atoms with Gasteiger partial charge in [0.1, 0.15) is 5.01 Å². The summed E-state index contributed by atoms with van der Waals surface area (Å²) in [5, 5.41) is 10.8. The molecule has 1 spiro atoms. The molecule has 1 N–H and O–H groups in total. The van der Waals surface area contributed by atoms with E-state index in [9.17, 15) is 0 Å². The van der Waals surface area contributed by atoms with Gasteiger partial charge in [-0.2, -0.15) is 5.10 Å². The minimum atomic E-state index is 0.572.